The van der Waals surface area contributed by atoms with Crippen molar-refractivity contribution in [1.29, 1.82) is 0 Å². The van der Waals surface area contributed by atoms with E-state index in [0.717, 1.165) is 16.6 Å². The number of aryl methyl sites for hydroxylation is 1. The second-order valence-corrected chi connectivity index (χ2v) is 5.52. The number of anilines is 1. The van der Waals surface area contributed by atoms with Crippen molar-refractivity contribution in [2.75, 3.05) is 5.32 Å². The lowest BCUT2D eigenvalue weighted by atomic mass is 10.1. The van der Waals surface area contributed by atoms with E-state index in [4.69, 9.17) is 5.11 Å². The van der Waals surface area contributed by atoms with Crippen LogP contribution in [0.5, 0.6) is 0 Å². The van der Waals surface area contributed by atoms with Crippen LogP contribution in [0.2, 0.25) is 0 Å². The molecule has 0 saturated heterocycles. The minimum Gasteiger partial charge on any atom is -0.481 e. The number of hydrogen-bond acceptors (Lipinski definition) is 3. The van der Waals surface area contributed by atoms with Crippen LogP contribution in [0.3, 0.4) is 0 Å². The molecule has 2 heterocycles. The number of rotatable bonds is 6. The molecule has 6 nitrogen and oxygen atoms in total. The Morgan fingerprint density at radius 3 is 2.88 bits per heavy atom. The molecule has 24 heavy (non-hydrogen) atoms. The largest absolute Gasteiger partial charge is 0.481 e. The Morgan fingerprint density at radius 2 is 2.04 bits per heavy atom. The molecular formula is C18H17N3O3. The number of aromatic nitrogens is 2. The molecule has 0 fully saturated rings. The highest BCUT2D eigenvalue weighted by molar-refractivity contribution is 5.93. The summed E-state index contributed by atoms with van der Waals surface area (Å²) in [6.45, 7) is 0. The molecule has 122 valence electrons. The number of benzene rings is 1. The first-order valence-corrected chi connectivity index (χ1v) is 7.63. The Labute approximate surface area is 138 Å². The van der Waals surface area contributed by atoms with Crippen LogP contribution in [0.1, 0.15) is 17.5 Å². The van der Waals surface area contributed by atoms with Crippen LogP contribution in [-0.4, -0.2) is 26.6 Å². The maximum absolute atomic E-state index is 12.3. The molecule has 0 saturated carbocycles. The van der Waals surface area contributed by atoms with E-state index in [2.05, 4.69) is 10.4 Å². The van der Waals surface area contributed by atoms with Gasteiger partial charge in [-0.25, -0.2) is 4.52 Å². The van der Waals surface area contributed by atoms with E-state index < -0.39 is 5.97 Å². The maximum atomic E-state index is 12.3. The number of hydrogen-bond donors (Lipinski definition) is 2. The van der Waals surface area contributed by atoms with Crippen molar-refractivity contribution in [2.24, 2.45) is 0 Å². The van der Waals surface area contributed by atoms with Crippen molar-refractivity contribution < 1.29 is 14.7 Å². The number of carboxylic acid groups (broad SMARTS) is 1. The molecule has 2 N–H and O–H groups in total. The van der Waals surface area contributed by atoms with E-state index in [9.17, 15) is 9.59 Å². The van der Waals surface area contributed by atoms with Crippen LogP contribution >= 0.6 is 0 Å². The molecule has 1 aromatic carbocycles. The molecule has 0 bridgehead atoms. The molecule has 0 atom stereocenters. The van der Waals surface area contributed by atoms with Gasteiger partial charge in [0, 0.05) is 23.9 Å². The summed E-state index contributed by atoms with van der Waals surface area (Å²) in [5.74, 6) is -0.971. The third-order valence-corrected chi connectivity index (χ3v) is 3.70. The average Bonchev–Trinajstić information content (AvgIpc) is 2.96. The lowest BCUT2D eigenvalue weighted by molar-refractivity contribution is -0.137. The number of nitrogens with zero attached hydrogens (tertiary/aromatic N) is 2. The second-order valence-electron chi connectivity index (χ2n) is 5.52. The van der Waals surface area contributed by atoms with Crippen LogP contribution in [-0.2, 0) is 22.4 Å². The third kappa shape index (κ3) is 3.78. The Morgan fingerprint density at radius 1 is 1.17 bits per heavy atom. The van der Waals surface area contributed by atoms with Gasteiger partial charge in [0.2, 0.25) is 5.91 Å². The number of pyridine rings is 1. The monoisotopic (exact) mass is 323 g/mol. The average molecular weight is 323 g/mol. The number of aliphatic carboxylic acids is 1. The summed E-state index contributed by atoms with van der Waals surface area (Å²) >= 11 is 0. The van der Waals surface area contributed by atoms with Crippen LogP contribution < -0.4 is 5.32 Å². The molecule has 0 radical (unpaired) electrons. The molecule has 1 amide bonds. The number of carbonyl (C=O) groups is 2. The van der Waals surface area contributed by atoms with Gasteiger partial charge in [-0.1, -0.05) is 18.2 Å². The predicted octanol–water partition coefficient (Wildman–Crippen LogP) is 2.53. The minimum atomic E-state index is -0.836. The lowest BCUT2D eigenvalue weighted by Gasteiger charge is -2.07. The Bertz CT molecular complexity index is 886. The van der Waals surface area contributed by atoms with E-state index in [0.29, 0.717) is 12.1 Å². The van der Waals surface area contributed by atoms with Gasteiger partial charge in [0.1, 0.15) is 0 Å². The number of nitrogens with one attached hydrogen (secondary N) is 1. The van der Waals surface area contributed by atoms with Gasteiger partial charge in [-0.15, -0.1) is 0 Å². The zero-order chi connectivity index (χ0) is 16.9. The first-order chi connectivity index (χ1) is 11.6. The Balaban J connectivity index is 1.66. The summed E-state index contributed by atoms with van der Waals surface area (Å²) in [4.78, 5) is 22.9. The number of amides is 1. The van der Waals surface area contributed by atoms with E-state index in [1.165, 1.54) is 0 Å². The second kappa shape index (κ2) is 6.95. The van der Waals surface area contributed by atoms with Crippen molar-refractivity contribution in [3.8, 4) is 0 Å². The van der Waals surface area contributed by atoms with Crippen LogP contribution in [0.4, 0.5) is 5.69 Å². The fourth-order valence-corrected chi connectivity index (χ4v) is 2.56. The molecule has 3 rings (SSSR count). The zero-order valence-electron chi connectivity index (χ0n) is 13.0. The van der Waals surface area contributed by atoms with E-state index in [1.807, 2.05) is 36.5 Å². The first kappa shape index (κ1) is 15.7. The summed E-state index contributed by atoms with van der Waals surface area (Å²) in [6, 6.07) is 13.0. The van der Waals surface area contributed by atoms with Crippen molar-refractivity contribution >= 4 is 23.1 Å². The standard InChI is InChI=1S/C18H17N3O3/c22-17(11-14-12-19-21-9-2-1-6-16(14)21)20-15-5-3-4-13(10-15)7-8-18(23)24/h1-6,9-10,12H,7-8,11H2,(H,20,22)(H,23,24). The van der Waals surface area contributed by atoms with Gasteiger partial charge in [-0.05, 0) is 36.2 Å². The van der Waals surface area contributed by atoms with Gasteiger partial charge in [-0.2, -0.15) is 5.10 Å². The normalized spacial score (nSPS) is 10.7. The maximum Gasteiger partial charge on any atom is 0.303 e. The van der Waals surface area contributed by atoms with Crippen LogP contribution in [0.15, 0.2) is 54.9 Å². The summed E-state index contributed by atoms with van der Waals surface area (Å²) in [5.41, 5.74) is 3.31. The summed E-state index contributed by atoms with van der Waals surface area (Å²) in [5, 5.41) is 15.8. The molecule has 0 spiro atoms. The van der Waals surface area contributed by atoms with E-state index in [-0.39, 0.29) is 18.7 Å². The quantitative estimate of drug-likeness (QED) is 0.730. The van der Waals surface area contributed by atoms with Crippen molar-refractivity contribution in [1.82, 2.24) is 9.61 Å². The van der Waals surface area contributed by atoms with Gasteiger partial charge < -0.3 is 10.4 Å². The van der Waals surface area contributed by atoms with Crippen molar-refractivity contribution in [2.45, 2.75) is 19.3 Å². The molecular weight excluding hydrogens is 306 g/mol. The van der Waals surface area contributed by atoms with E-state index >= 15 is 0 Å². The van der Waals surface area contributed by atoms with Crippen molar-refractivity contribution in [3.05, 3.63) is 66.0 Å². The van der Waals surface area contributed by atoms with Gasteiger partial charge in [0.15, 0.2) is 0 Å². The highest BCUT2D eigenvalue weighted by Crippen LogP contribution is 2.15. The smallest absolute Gasteiger partial charge is 0.303 e. The fraction of sp³-hybridized carbons (Fsp3) is 0.167. The molecule has 3 aromatic rings. The molecule has 0 aliphatic rings. The topological polar surface area (TPSA) is 83.7 Å². The molecule has 0 aliphatic carbocycles. The van der Waals surface area contributed by atoms with Gasteiger partial charge in [-0.3, -0.25) is 9.59 Å². The lowest BCUT2D eigenvalue weighted by Crippen LogP contribution is -2.14. The van der Waals surface area contributed by atoms with Crippen LogP contribution in [0.25, 0.3) is 5.52 Å². The number of fused-ring (bicyclic) bond motifs is 1. The number of carboxylic acids is 1. The molecule has 0 unspecified atom stereocenters. The predicted molar refractivity (Wildman–Crippen MR) is 89.9 cm³/mol. The van der Waals surface area contributed by atoms with Gasteiger partial charge in [0.05, 0.1) is 18.1 Å². The van der Waals surface area contributed by atoms with Crippen molar-refractivity contribution in [3.63, 3.8) is 0 Å². The molecule has 2 aromatic heterocycles. The minimum absolute atomic E-state index is 0.0692. The highest BCUT2D eigenvalue weighted by Gasteiger charge is 2.09. The number of carbonyl (C=O) groups excluding carboxylic acids is 1. The third-order valence-electron chi connectivity index (χ3n) is 3.70. The fourth-order valence-electron chi connectivity index (χ4n) is 2.56. The molecule has 6 heteroatoms. The van der Waals surface area contributed by atoms with Gasteiger partial charge in [0.25, 0.3) is 0 Å². The Hall–Kier alpha value is -3.15. The SMILES string of the molecule is O=C(O)CCc1cccc(NC(=O)Cc2cnn3ccccc23)c1. The Kier molecular flexibility index (Phi) is 4.56. The summed E-state index contributed by atoms with van der Waals surface area (Å²) in [7, 11) is 0. The molecule has 0 aliphatic heterocycles. The summed E-state index contributed by atoms with van der Waals surface area (Å²) < 4.78 is 1.73. The first-order valence-electron chi connectivity index (χ1n) is 7.63. The van der Waals surface area contributed by atoms with Crippen LogP contribution in [0, 0.1) is 0 Å². The summed E-state index contributed by atoms with van der Waals surface area (Å²) in [6.07, 6.45) is 4.26. The van der Waals surface area contributed by atoms with Gasteiger partial charge >= 0.3 is 5.97 Å². The highest BCUT2D eigenvalue weighted by atomic mass is 16.4. The van der Waals surface area contributed by atoms with E-state index in [1.54, 1.807) is 22.8 Å². The zero-order valence-corrected chi connectivity index (χ0v) is 13.0.